The van der Waals surface area contributed by atoms with Crippen molar-refractivity contribution in [3.05, 3.63) is 0 Å². The second-order valence-corrected chi connectivity index (χ2v) is 9.58. The third-order valence-corrected chi connectivity index (χ3v) is 7.76. The minimum absolute atomic E-state index is 0.386. The molecule has 0 aliphatic heterocycles. The smallest absolute Gasteiger partial charge is 0.0737 e. The van der Waals surface area contributed by atoms with Gasteiger partial charge >= 0.3 is 0 Å². The lowest BCUT2D eigenvalue weighted by atomic mass is 9.69. The van der Waals surface area contributed by atoms with E-state index in [4.69, 9.17) is 4.74 Å². The van der Waals surface area contributed by atoms with Gasteiger partial charge in [0.05, 0.1) is 12.2 Å². The maximum atomic E-state index is 6.80. The third kappa shape index (κ3) is 2.37. The molecule has 0 amide bonds. The maximum absolute atomic E-state index is 6.80. The molecule has 21 heavy (non-hydrogen) atoms. The molecule has 5 atom stereocenters. The van der Waals surface area contributed by atoms with Crippen LogP contribution in [0.25, 0.3) is 0 Å². The van der Waals surface area contributed by atoms with Gasteiger partial charge in [-0.3, -0.25) is 0 Å². The fraction of sp³-hybridized carbons (Fsp3) is 1.00. The van der Waals surface area contributed by atoms with Gasteiger partial charge in [-0.1, -0.05) is 34.6 Å². The van der Waals surface area contributed by atoms with Crippen LogP contribution < -0.4 is 5.32 Å². The van der Waals surface area contributed by atoms with Gasteiger partial charge in [0.1, 0.15) is 0 Å². The zero-order chi connectivity index (χ0) is 15.5. The van der Waals surface area contributed by atoms with Crippen molar-refractivity contribution in [3.8, 4) is 0 Å². The monoisotopic (exact) mass is 293 g/mol. The second-order valence-electron chi connectivity index (χ2n) is 9.58. The molecular weight excluding hydrogens is 258 g/mol. The van der Waals surface area contributed by atoms with E-state index in [1.54, 1.807) is 0 Å². The summed E-state index contributed by atoms with van der Waals surface area (Å²) in [6.07, 6.45) is 8.70. The average Bonchev–Trinajstić information content (AvgIpc) is 2.71. The van der Waals surface area contributed by atoms with Gasteiger partial charge < -0.3 is 10.1 Å². The zero-order valence-corrected chi connectivity index (χ0v) is 15.0. The molecule has 2 bridgehead atoms. The minimum atomic E-state index is 0.386. The summed E-state index contributed by atoms with van der Waals surface area (Å²) in [5, 5.41) is 3.52. The normalized spacial score (nSPS) is 47.7. The molecule has 122 valence electrons. The molecule has 0 aromatic rings. The van der Waals surface area contributed by atoms with Crippen LogP contribution in [0, 0.1) is 22.2 Å². The lowest BCUT2D eigenvalue weighted by Crippen LogP contribution is -2.50. The molecule has 0 radical (unpaired) electrons. The molecule has 3 saturated carbocycles. The first-order chi connectivity index (χ1) is 9.69. The van der Waals surface area contributed by atoms with Crippen LogP contribution in [0.3, 0.4) is 0 Å². The van der Waals surface area contributed by atoms with Crippen LogP contribution in [0.4, 0.5) is 0 Å². The molecule has 0 heterocycles. The van der Waals surface area contributed by atoms with Crippen molar-refractivity contribution in [1.29, 1.82) is 0 Å². The predicted octanol–water partition coefficient (Wildman–Crippen LogP) is 4.38. The van der Waals surface area contributed by atoms with Crippen molar-refractivity contribution in [2.45, 2.75) is 91.4 Å². The van der Waals surface area contributed by atoms with E-state index >= 15 is 0 Å². The van der Waals surface area contributed by atoms with Crippen LogP contribution in [-0.4, -0.2) is 25.3 Å². The fourth-order valence-corrected chi connectivity index (χ4v) is 5.54. The molecule has 2 heteroatoms. The van der Waals surface area contributed by atoms with Gasteiger partial charge in [-0.05, 0) is 67.7 Å². The largest absolute Gasteiger partial charge is 0.373 e. The van der Waals surface area contributed by atoms with Crippen molar-refractivity contribution < 1.29 is 4.74 Å². The Hall–Kier alpha value is -0.0800. The summed E-state index contributed by atoms with van der Waals surface area (Å²) >= 11 is 0. The summed E-state index contributed by atoms with van der Waals surface area (Å²) in [5.74, 6) is 0.872. The first kappa shape index (κ1) is 15.8. The highest BCUT2D eigenvalue weighted by atomic mass is 16.5. The molecule has 5 unspecified atom stereocenters. The standard InChI is InChI=1S/C19H35NO/c1-17(2)9-8-14(20-6)15(12-17)21-16-11-13-7-10-19(16,5)18(13,3)4/h13-16,20H,7-12H2,1-6H3. The number of rotatable bonds is 3. The molecule has 0 saturated heterocycles. The zero-order valence-electron chi connectivity index (χ0n) is 15.0. The number of hydrogen-bond acceptors (Lipinski definition) is 2. The fourth-order valence-electron chi connectivity index (χ4n) is 5.54. The number of fused-ring (bicyclic) bond motifs is 2. The maximum Gasteiger partial charge on any atom is 0.0737 e. The predicted molar refractivity (Wildman–Crippen MR) is 88.4 cm³/mol. The minimum Gasteiger partial charge on any atom is -0.373 e. The summed E-state index contributed by atoms with van der Waals surface area (Å²) < 4.78 is 6.80. The Morgan fingerprint density at radius 3 is 2.24 bits per heavy atom. The topological polar surface area (TPSA) is 21.3 Å². The van der Waals surface area contributed by atoms with E-state index in [9.17, 15) is 0 Å². The number of nitrogens with one attached hydrogen (secondary N) is 1. The van der Waals surface area contributed by atoms with Crippen molar-refractivity contribution in [1.82, 2.24) is 5.32 Å². The van der Waals surface area contributed by atoms with Gasteiger partial charge in [-0.2, -0.15) is 0 Å². The average molecular weight is 293 g/mol. The van der Waals surface area contributed by atoms with Gasteiger partial charge in [0.15, 0.2) is 0 Å². The molecule has 0 aromatic heterocycles. The highest BCUT2D eigenvalue weighted by Gasteiger charge is 2.62. The Labute approximate surface area is 131 Å². The van der Waals surface area contributed by atoms with Crippen LogP contribution in [0.5, 0.6) is 0 Å². The Morgan fingerprint density at radius 1 is 1.00 bits per heavy atom. The highest BCUT2D eigenvalue weighted by molar-refractivity contribution is 5.11. The van der Waals surface area contributed by atoms with Gasteiger partial charge in [-0.15, -0.1) is 0 Å². The van der Waals surface area contributed by atoms with E-state index in [0.717, 1.165) is 5.92 Å². The summed E-state index contributed by atoms with van der Waals surface area (Å²) in [7, 11) is 2.10. The Bertz CT molecular complexity index is 402. The number of ether oxygens (including phenoxy) is 1. The van der Waals surface area contributed by atoms with Crippen LogP contribution in [0.1, 0.15) is 73.1 Å². The van der Waals surface area contributed by atoms with Crippen molar-refractivity contribution in [2.24, 2.45) is 22.2 Å². The summed E-state index contributed by atoms with van der Waals surface area (Å²) in [5.41, 5.74) is 1.28. The Balaban J connectivity index is 1.74. The van der Waals surface area contributed by atoms with E-state index in [1.807, 2.05) is 0 Å². The van der Waals surface area contributed by atoms with Gasteiger partial charge in [0.25, 0.3) is 0 Å². The van der Waals surface area contributed by atoms with Crippen molar-refractivity contribution >= 4 is 0 Å². The van der Waals surface area contributed by atoms with E-state index in [-0.39, 0.29) is 0 Å². The van der Waals surface area contributed by atoms with Gasteiger partial charge in [-0.25, -0.2) is 0 Å². The van der Waals surface area contributed by atoms with Crippen LogP contribution >= 0.6 is 0 Å². The molecule has 3 fully saturated rings. The number of likely N-dealkylation sites (N-methyl/N-ethyl adjacent to an activating group) is 1. The molecule has 2 nitrogen and oxygen atoms in total. The SMILES string of the molecule is CNC1CCC(C)(C)CC1OC1CC2CCC1(C)C2(C)C. The van der Waals surface area contributed by atoms with Gasteiger partial charge in [0.2, 0.25) is 0 Å². The lowest BCUT2D eigenvalue weighted by molar-refractivity contribution is -0.119. The second kappa shape index (κ2) is 4.96. The summed E-state index contributed by atoms with van der Waals surface area (Å²) in [6.45, 7) is 12.3. The molecular formula is C19H35NO. The van der Waals surface area contributed by atoms with Gasteiger partial charge in [0, 0.05) is 6.04 Å². The molecule has 3 aliphatic carbocycles. The van der Waals surface area contributed by atoms with Crippen molar-refractivity contribution in [2.75, 3.05) is 7.05 Å². The highest BCUT2D eigenvalue weighted by Crippen LogP contribution is 2.66. The van der Waals surface area contributed by atoms with Crippen LogP contribution in [-0.2, 0) is 4.74 Å². The Kier molecular flexibility index (Phi) is 3.73. The van der Waals surface area contributed by atoms with Crippen LogP contribution in [0.15, 0.2) is 0 Å². The first-order valence-electron chi connectivity index (χ1n) is 9.02. The quantitative estimate of drug-likeness (QED) is 0.833. The lowest BCUT2D eigenvalue weighted by Gasteiger charge is -2.45. The van der Waals surface area contributed by atoms with Crippen molar-refractivity contribution in [3.63, 3.8) is 0 Å². The molecule has 3 aliphatic rings. The number of hydrogen-bond donors (Lipinski definition) is 1. The Morgan fingerprint density at radius 2 is 1.71 bits per heavy atom. The van der Waals surface area contributed by atoms with E-state index in [1.165, 1.54) is 38.5 Å². The molecule has 1 N–H and O–H groups in total. The summed E-state index contributed by atoms with van der Waals surface area (Å²) in [4.78, 5) is 0. The third-order valence-electron chi connectivity index (χ3n) is 7.76. The molecule has 0 aromatic carbocycles. The van der Waals surface area contributed by atoms with E-state index < -0.39 is 0 Å². The first-order valence-corrected chi connectivity index (χ1v) is 9.02. The molecule has 3 rings (SSSR count). The van der Waals surface area contributed by atoms with E-state index in [0.29, 0.717) is 34.5 Å². The molecule has 0 spiro atoms. The van der Waals surface area contributed by atoms with Crippen LogP contribution in [0.2, 0.25) is 0 Å². The summed E-state index contributed by atoms with van der Waals surface area (Å²) in [6, 6.07) is 0.545. The van der Waals surface area contributed by atoms with E-state index in [2.05, 4.69) is 47.0 Å².